The van der Waals surface area contributed by atoms with Crippen LogP contribution in [0, 0.1) is 11.3 Å². The van der Waals surface area contributed by atoms with Crippen molar-refractivity contribution in [2.45, 2.75) is 18.9 Å². The maximum atomic E-state index is 12.2. The lowest BCUT2D eigenvalue weighted by atomic mass is 9.93. The Morgan fingerprint density at radius 3 is 2.72 bits per heavy atom. The molecule has 0 aliphatic carbocycles. The van der Waals surface area contributed by atoms with Crippen molar-refractivity contribution in [1.82, 2.24) is 4.90 Å². The molecule has 3 rings (SSSR count). The highest BCUT2D eigenvalue weighted by Crippen LogP contribution is 2.29. The summed E-state index contributed by atoms with van der Waals surface area (Å²) in [5, 5.41) is 21.4. The van der Waals surface area contributed by atoms with Crippen LogP contribution >= 0.6 is 0 Å². The zero-order valence-electron chi connectivity index (χ0n) is 14.0. The Balaban J connectivity index is 1.57. The van der Waals surface area contributed by atoms with Crippen LogP contribution in [0.3, 0.4) is 0 Å². The first kappa shape index (κ1) is 17.2. The summed E-state index contributed by atoms with van der Waals surface area (Å²) < 4.78 is 0. The zero-order chi connectivity index (χ0) is 17.6. The van der Waals surface area contributed by atoms with Gasteiger partial charge in [-0.1, -0.05) is 24.3 Å². The first-order chi connectivity index (χ1) is 12.2. The highest BCUT2D eigenvalue weighted by Gasteiger charge is 2.26. The summed E-state index contributed by atoms with van der Waals surface area (Å²) in [6.45, 7) is 1.49. The van der Waals surface area contributed by atoms with E-state index in [9.17, 15) is 9.90 Å². The van der Waals surface area contributed by atoms with E-state index < -0.39 is 0 Å². The van der Waals surface area contributed by atoms with E-state index in [1.807, 2.05) is 12.1 Å². The number of nitrogens with one attached hydrogen (secondary N) is 1. The van der Waals surface area contributed by atoms with Gasteiger partial charge in [0.15, 0.2) is 0 Å². The Labute approximate surface area is 147 Å². The smallest absolute Gasteiger partial charge is 0.225 e. The molecule has 5 heteroatoms. The quantitative estimate of drug-likeness (QED) is 0.880. The van der Waals surface area contributed by atoms with Crippen LogP contribution in [0.5, 0.6) is 0 Å². The standard InChI is InChI=1S/C20H21N3O2/c21-13-15-5-7-17(8-6-15)22-20(25)10-12-23-11-9-16-3-1-2-4-18(16)19(23)14-24/h1-8,19,24H,9-12,14H2,(H,22,25). The maximum Gasteiger partial charge on any atom is 0.225 e. The molecule has 0 bridgehead atoms. The van der Waals surface area contributed by atoms with E-state index in [0.717, 1.165) is 18.5 Å². The van der Waals surface area contributed by atoms with Gasteiger partial charge < -0.3 is 10.4 Å². The molecule has 0 spiro atoms. The van der Waals surface area contributed by atoms with Crippen LogP contribution in [0.4, 0.5) is 5.69 Å². The average molecular weight is 335 g/mol. The van der Waals surface area contributed by atoms with Crippen LogP contribution in [-0.4, -0.2) is 35.6 Å². The van der Waals surface area contributed by atoms with E-state index in [1.54, 1.807) is 24.3 Å². The number of carbonyl (C=O) groups is 1. The van der Waals surface area contributed by atoms with Gasteiger partial charge in [0.2, 0.25) is 5.91 Å². The van der Waals surface area contributed by atoms with E-state index in [4.69, 9.17) is 5.26 Å². The zero-order valence-corrected chi connectivity index (χ0v) is 14.0. The van der Waals surface area contributed by atoms with Crippen LogP contribution in [0.1, 0.15) is 29.2 Å². The molecule has 1 heterocycles. The van der Waals surface area contributed by atoms with Crippen molar-refractivity contribution in [2.75, 3.05) is 25.0 Å². The summed E-state index contributed by atoms with van der Waals surface area (Å²) in [6, 6.07) is 17.0. The summed E-state index contributed by atoms with van der Waals surface area (Å²) in [5.41, 5.74) is 3.69. The Kier molecular flexibility index (Phi) is 5.44. The third-order valence-electron chi connectivity index (χ3n) is 4.62. The van der Waals surface area contributed by atoms with Crippen LogP contribution in [0.2, 0.25) is 0 Å². The molecule has 2 aromatic rings. The van der Waals surface area contributed by atoms with E-state index in [1.165, 1.54) is 5.56 Å². The third-order valence-corrected chi connectivity index (χ3v) is 4.62. The second-order valence-corrected chi connectivity index (χ2v) is 6.17. The molecule has 1 unspecified atom stereocenters. The molecular formula is C20H21N3O2. The molecule has 0 fully saturated rings. The average Bonchev–Trinajstić information content (AvgIpc) is 2.66. The van der Waals surface area contributed by atoms with Gasteiger partial charge in [-0.25, -0.2) is 0 Å². The Bertz CT molecular complexity index is 780. The SMILES string of the molecule is N#Cc1ccc(NC(=O)CCN2CCc3ccccc3C2CO)cc1. The molecule has 0 radical (unpaired) electrons. The van der Waals surface area contributed by atoms with Crippen molar-refractivity contribution in [3.8, 4) is 6.07 Å². The summed E-state index contributed by atoms with van der Waals surface area (Å²) in [4.78, 5) is 14.4. The molecular weight excluding hydrogens is 314 g/mol. The van der Waals surface area contributed by atoms with Crippen molar-refractivity contribution < 1.29 is 9.90 Å². The number of carbonyl (C=O) groups excluding carboxylic acids is 1. The van der Waals surface area contributed by atoms with E-state index >= 15 is 0 Å². The van der Waals surface area contributed by atoms with Gasteiger partial charge in [-0.2, -0.15) is 5.26 Å². The van der Waals surface area contributed by atoms with Crippen LogP contribution in [-0.2, 0) is 11.2 Å². The van der Waals surface area contributed by atoms with Gasteiger partial charge in [-0.05, 0) is 41.8 Å². The maximum absolute atomic E-state index is 12.2. The number of amides is 1. The van der Waals surface area contributed by atoms with Crippen molar-refractivity contribution in [1.29, 1.82) is 5.26 Å². The molecule has 0 aromatic heterocycles. The fourth-order valence-electron chi connectivity index (χ4n) is 3.28. The summed E-state index contributed by atoms with van der Waals surface area (Å²) in [7, 11) is 0. The van der Waals surface area contributed by atoms with Gasteiger partial charge in [-0.3, -0.25) is 9.69 Å². The fourth-order valence-corrected chi connectivity index (χ4v) is 3.28. The van der Waals surface area contributed by atoms with Gasteiger partial charge in [0.25, 0.3) is 0 Å². The minimum absolute atomic E-state index is 0.0485. The molecule has 1 aliphatic rings. The molecule has 1 aliphatic heterocycles. The topological polar surface area (TPSA) is 76.4 Å². The summed E-state index contributed by atoms with van der Waals surface area (Å²) >= 11 is 0. The van der Waals surface area contributed by atoms with Crippen molar-refractivity contribution in [2.24, 2.45) is 0 Å². The number of rotatable bonds is 5. The molecule has 2 aromatic carbocycles. The lowest BCUT2D eigenvalue weighted by molar-refractivity contribution is -0.116. The number of aliphatic hydroxyl groups excluding tert-OH is 1. The molecule has 0 saturated carbocycles. The molecule has 0 saturated heterocycles. The summed E-state index contributed by atoms with van der Waals surface area (Å²) in [5.74, 6) is -0.0692. The second-order valence-electron chi connectivity index (χ2n) is 6.17. The van der Waals surface area contributed by atoms with E-state index in [0.29, 0.717) is 24.2 Å². The van der Waals surface area contributed by atoms with Gasteiger partial charge in [0.05, 0.1) is 24.3 Å². The lowest BCUT2D eigenvalue weighted by Crippen LogP contribution is -2.39. The first-order valence-electron chi connectivity index (χ1n) is 8.44. The molecule has 5 nitrogen and oxygen atoms in total. The third kappa shape index (κ3) is 4.05. The van der Waals surface area contributed by atoms with Crippen molar-refractivity contribution in [3.05, 3.63) is 65.2 Å². The molecule has 2 N–H and O–H groups in total. The number of aliphatic hydroxyl groups is 1. The number of nitriles is 1. The molecule has 1 atom stereocenters. The van der Waals surface area contributed by atoms with Crippen LogP contribution in [0.25, 0.3) is 0 Å². The largest absolute Gasteiger partial charge is 0.394 e. The Morgan fingerprint density at radius 1 is 1.24 bits per heavy atom. The number of anilines is 1. The van der Waals surface area contributed by atoms with Crippen LogP contribution < -0.4 is 5.32 Å². The monoisotopic (exact) mass is 335 g/mol. The number of fused-ring (bicyclic) bond motifs is 1. The predicted octanol–water partition coefficient (Wildman–Crippen LogP) is 2.48. The number of hydrogen-bond donors (Lipinski definition) is 2. The Hall–Kier alpha value is -2.68. The fraction of sp³-hybridized carbons (Fsp3) is 0.300. The van der Waals surface area contributed by atoms with Crippen molar-refractivity contribution in [3.63, 3.8) is 0 Å². The first-order valence-corrected chi connectivity index (χ1v) is 8.44. The van der Waals surface area contributed by atoms with Gasteiger partial charge in [-0.15, -0.1) is 0 Å². The van der Waals surface area contributed by atoms with E-state index in [2.05, 4.69) is 28.4 Å². The van der Waals surface area contributed by atoms with Crippen molar-refractivity contribution >= 4 is 11.6 Å². The van der Waals surface area contributed by atoms with Gasteiger partial charge in [0, 0.05) is 25.2 Å². The number of benzene rings is 2. The minimum atomic E-state index is -0.0692. The Morgan fingerprint density at radius 2 is 2.00 bits per heavy atom. The second kappa shape index (κ2) is 7.93. The van der Waals surface area contributed by atoms with Gasteiger partial charge >= 0.3 is 0 Å². The summed E-state index contributed by atoms with van der Waals surface area (Å²) in [6.07, 6.45) is 1.29. The lowest BCUT2D eigenvalue weighted by Gasteiger charge is -2.36. The number of hydrogen-bond acceptors (Lipinski definition) is 4. The minimum Gasteiger partial charge on any atom is -0.394 e. The molecule has 1 amide bonds. The normalized spacial score (nSPS) is 16.7. The molecule has 25 heavy (non-hydrogen) atoms. The predicted molar refractivity (Wildman–Crippen MR) is 95.9 cm³/mol. The highest BCUT2D eigenvalue weighted by atomic mass is 16.3. The number of nitrogens with zero attached hydrogens (tertiary/aromatic N) is 2. The highest BCUT2D eigenvalue weighted by molar-refractivity contribution is 5.90. The van der Waals surface area contributed by atoms with Gasteiger partial charge in [0.1, 0.15) is 0 Å². The molecule has 128 valence electrons. The van der Waals surface area contributed by atoms with Crippen LogP contribution in [0.15, 0.2) is 48.5 Å². The van der Waals surface area contributed by atoms with E-state index in [-0.39, 0.29) is 18.6 Å².